The quantitative estimate of drug-likeness (QED) is 0.556. The number of hydrogen-bond acceptors (Lipinski definition) is 8. The van der Waals surface area contributed by atoms with Gasteiger partial charge in [0.25, 0.3) is 5.91 Å². The molecule has 2 aliphatic heterocycles. The van der Waals surface area contributed by atoms with Gasteiger partial charge >= 0.3 is 0 Å². The van der Waals surface area contributed by atoms with Crippen molar-refractivity contribution in [2.24, 2.45) is 11.8 Å². The number of halogens is 1. The van der Waals surface area contributed by atoms with Gasteiger partial charge in [-0.1, -0.05) is 17.7 Å². The second-order valence-electron chi connectivity index (χ2n) is 9.05. The highest BCUT2D eigenvalue weighted by Gasteiger charge is 2.46. The SMILES string of the molecule is COc1ccc(COc2nc(N3CC4CC4C3)ncc2C(=O)NCCC2CNCCO2)cc1Cl. The Labute approximate surface area is 204 Å². The van der Waals surface area contributed by atoms with Crippen molar-refractivity contribution in [2.75, 3.05) is 51.3 Å². The van der Waals surface area contributed by atoms with Crippen LogP contribution in [0, 0.1) is 11.8 Å². The molecular formula is C24H30ClN5O4. The molecule has 3 atom stereocenters. The third kappa shape index (κ3) is 5.37. The number of ether oxygens (including phenoxy) is 3. The van der Waals surface area contributed by atoms with Crippen LogP contribution in [0.1, 0.15) is 28.8 Å². The van der Waals surface area contributed by atoms with E-state index in [1.54, 1.807) is 25.4 Å². The van der Waals surface area contributed by atoms with E-state index < -0.39 is 0 Å². The van der Waals surface area contributed by atoms with E-state index in [0.717, 1.165) is 50.0 Å². The average molecular weight is 488 g/mol. The van der Waals surface area contributed by atoms with Gasteiger partial charge in [0.05, 0.1) is 24.8 Å². The number of benzene rings is 1. The third-order valence-electron chi connectivity index (χ3n) is 6.60. The van der Waals surface area contributed by atoms with Crippen molar-refractivity contribution < 1.29 is 19.0 Å². The molecule has 3 fully saturated rings. The lowest BCUT2D eigenvalue weighted by Crippen LogP contribution is -2.40. The van der Waals surface area contributed by atoms with Crippen molar-refractivity contribution in [3.63, 3.8) is 0 Å². The van der Waals surface area contributed by atoms with Crippen LogP contribution in [0.15, 0.2) is 24.4 Å². The maximum Gasteiger partial charge on any atom is 0.258 e. The second-order valence-corrected chi connectivity index (χ2v) is 9.46. The minimum atomic E-state index is -0.262. The van der Waals surface area contributed by atoms with Gasteiger partial charge in [0.2, 0.25) is 11.8 Å². The Morgan fingerprint density at radius 1 is 1.35 bits per heavy atom. The number of nitrogens with zero attached hydrogens (tertiary/aromatic N) is 3. The number of nitrogens with one attached hydrogen (secondary N) is 2. The molecule has 2 aromatic rings. The highest BCUT2D eigenvalue weighted by Crippen LogP contribution is 2.45. The number of carbonyl (C=O) groups is 1. The zero-order valence-electron chi connectivity index (χ0n) is 19.3. The number of methoxy groups -OCH3 is 1. The Kier molecular flexibility index (Phi) is 7.03. The van der Waals surface area contributed by atoms with E-state index in [0.29, 0.717) is 35.4 Å². The minimum Gasteiger partial charge on any atom is -0.495 e. The van der Waals surface area contributed by atoms with Gasteiger partial charge in [-0.2, -0.15) is 4.98 Å². The van der Waals surface area contributed by atoms with Gasteiger partial charge in [-0.05, 0) is 42.4 Å². The van der Waals surface area contributed by atoms with Crippen molar-refractivity contribution >= 4 is 23.5 Å². The van der Waals surface area contributed by atoms with Crippen LogP contribution >= 0.6 is 11.6 Å². The molecule has 0 radical (unpaired) electrons. The van der Waals surface area contributed by atoms with E-state index in [2.05, 4.69) is 25.5 Å². The molecule has 9 nitrogen and oxygen atoms in total. The average Bonchev–Trinajstić information content (AvgIpc) is 3.47. The van der Waals surface area contributed by atoms with Gasteiger partial charge in [0.1, 0.15) is 17.9 Å². The molecule has 10 heteroatoms. The summed E-state index contributed by atoms with van der Waals surface area (Å²) in [5, 5.41) is 6.75. The Bertz CT molecular complexity index is 1020. The summed E-state index contributed by atoms with van der Waals surface area (Å²) in [6, 6.07) is 5.45. The zero-order chi connectivity index (χ0) is 23.5. The van der Waals surface area contributed by atoms with Crippen LogP contribution in [0.25, 0.3) is 0 Å². The maximum absolute atomic E-state index is 13.0. The molecule has 34 heavy (non-hydrogen) atoms. The first-order valence-corrected chi connectivity index (χ1v) is 12.2. The van der Waals surface area contributed by atoms with Gasteiger partial charge in [0.15, 0.2) is 0 Å². The van der Waals surface area contributed by atoms with Crippen LogP contribution in [0.3, 0.4) is 0 Å². The monoisotopic (exact) mass is 487 g/mol. The van der Waals surface area contributed by atoms with Crippen LogP contribution in [0.4, 0.5) is 5.95 Å². The largest absolute Gasteiger partial charge is 0.495 e. The van der Waals surface area contributed by atoms with E-state index in [-0.39, 0.29) is 24.5 Å². The van der Waals surface area contributed by atoms with E-state index in [9.17, 15) is 4.79 Å². The van der Waals surface area contributed by atoms with Crippen LogP contribution in [-0.2, 0) is 11.3 Å². The lowest BCUT2D eigenvalue weighted by molar-refractivity contribution is 0.0239. The first kappa shape index (κ1) is 23.1. The minimum absolute atomic E-state index is 0.102. The first-order chi connectivity index (χ1) is 16.6. The molecule has 1 aliphatic carbocycles. The summed E-state index contributed by atoms with van der Waals surface area (Å²) in [5.41, 5.74) is 1.16. The van der Waals surface area contributed by atoms with Crippen LogP contribution < -0.4 is 25.0 Å². The number of hydrogen-bond donors (Lipinski definition) is 2. The molecule has 1 aromatic carbocycles. The normalized spacial score (nSPS) is 23.4. The summed E-state index contributed by atoms with van der Waals surface area (Å²) in [4.78, 5) is 24.3. The van der Waals surface area contributed by atoms with Crippen molar-refractivity contribution in [1.29, 1.82) is 0 Å². The number of piperidine rings is 1. The summed E-state index contributed by atoms with van der Waals surface area (Å²) in [6.45, 7) is 4.98. The fraction of sp³-hybridized carbons (Fsp3) is 0.542. The topological polar surface area (TPSA) is 97.8 Å². The molecule has 5 rings (SSSR count). The fourth-order valence-electron chi connectivity index (χ4n) is 4.54. The lowest BCUT2D eigenvalue weighted by atomic mass is 10.2. The van der Waals surface area contributed by atoms with Gasteiger partial charge in [-0.15, -0.1) is 0 Å². The predicted octanol–water partition coefficient (Wildman–Crippen LogP) is 2.28. The van der Waals surface area contributed by atoms with E-state index in [4.69, 9.17) is 25.8 Å². The second kappa shape index (κ2) is 10.3. The molecule has 3 aliphatic rings. The number of fused-ring (bicyclic) bond motifs is 1. The first-order valence-electron chi connectivity index (χ1n) is 11.8. The molecule has 3 heterocycles. The zero-order valence-corrected chi connectivity index (χ0v) is 20.0. The molecule has 3 unspecified atom stereocenters. The fourth-order valence-corrected chi connectivity index (χ4v) is 4.82. The lowest BCUT2D eigenvalue weighted by Gasteiger charge is -2.23. The van der Waals surface area contributed by atoms with E-state index in [1.165, 1.54) is 6.42 Å². The van der Waals surface area contributed by atoms with Crippen LogP contribution in [-0.4, -0.2) is 68.4 Å². The summed E-state index contributed by atoms with van der Waals surface area (Å²) in [5.74, 6) is 2.70. The van der Waals surface area contributed by atoms with Crippen molar-refractivity contribution in [2.45, 2.75) is 25.6 Å². The van der Waals surface area contributed by atoms with E-state index in [1.807, 2.05) is 6.07 Å². The Balaban J connectivity index is 1.28. The van der Waals surface area contributed by atoms with Crippen molar-refractivity contribution in [1.82, 2.24) is 20.6 Å². The van der Waals surface area contributed by atoms with Gasteiger partial charge in [-0.25, -0.2) is 4.98 Å². The standard InChI is InChI=1S/C24H30ClN5O4/c1-32-21-3-2-15(8-20(21)25)14-34-23-19(22(31)27-5-4-18-10-26-6-7-33-18)11-28-24(29-23)30-12-16-9-17(16)13-30/h2-3,8,11,16-18,26H,4-7,9-10,12-14H2,1H3,(H,27,31). The van der Waals surface area contributed by atoms with Gasteiger partial charge in [-0.3, -0.25) is 4.79 Å². The smallest absolute Gasteiger partial charge is 0.258 e. The molecular weight excluding hydrogens is 458 g/mol. The summed E-state index contributed by atoms with van der Waals surface area (Å²) >= 11 is 6.25. The Hall–Kier alpha value is -2.62. The number of rotatable bonds is 9. The number of carbonyl (C=O) groups excluding carboxylic acids is 1. The van der Waals surface area contributed by atoms with Crippen LogP contribution in [0.2, 0.25) is 5.02 Å². The van der Waals surface area contributed by atoms with Gasteiger partial charge < -0.3 is 29.7 Å². The molecule has 1 amide bonds. The highest BCUT2D eigenvalue weighted by atomic mass is 35.5. The molecule has 2 saturated heterocycles. The summed E-state index contributed by atoms with van der Waals surface area (Å²) < 4.78 is 16.9. The molecule has 1 saturated carbocycles. The molecule has 0 spiro atoms. The number of morpholine rings is 1. The van der Waals surface area contributed by atoms with Gasteiger partial charge in [0, 0.05) is 38.9 Å². The van der Waals surface area contributed by atoms with E-state index >= 15 is 0 Å². The third-order valence-corrected chi connectivity index (χ3v) is 6.89. The number of anilines is 1. The summed E-state index contributed by atoms with van der Waals surface area (Å²) in [7, 11) is 1.57. The predicted molar refractivity (Wildman–Crippen MR) is 128 cm³/mol. The van der Waals surface area contributed by atoms with Crippen molar-refractivity contribution in [3.8, 4) is 11.6 Å². The Morgan fingerprint density at radius 2 is 2.21 bits per heavy atom. The Morgan fingerprint density at radius 3 is 2.94 bits per heavy atom. The van der Waals surface area contributed by atoms with Crippen molar-refractivity contribution in [3.05, 3.63) is 40.5 Å². The molecule has 0 bridgehead atoms. The summed E-state index contributed by atoms with van der Waals surface area (Å²) in [6.07, 6.45) is 3.69. The maximum atomic E-state index is 13.0. The number of aromatic nitrogens is 2. The molecule has 1 aromatic heterocycles. The molecule has 182 valence electrons. The molecule has 2 N–H and O–H groups in total. The number of amides is 1. The van der Waals surface area contributed by atoms with Crippen LogP contribution in [0.5, 0.6) is 11.6 Å². The highest BCUT2D eigenvalue weighted by molar-refractivity contribution is 6.32.